The van der Waals surface area contributed by atoms with Gasteiger partial charge in [-0.15, -0.1) is 0 Å². The standard InChI is InChI=1S/C17H13ClN4O2/c18-13-7-5-12(6-8-13)15-11-16(21-20-15)17(23)22-19-9-1-3-14-4-2-10-24-14/h1-11H,(H,20,21)(H,22,23)/b3-1+,19-9?. The molecule has 2 aromatic heterocycles. The van der Waals surface area contributed by atoms with Gasteiger partial charge in [-0.2, -0.15) is 10.2 Å². The summed E-state index contributed by atoms with van der Waals surface area (Å²) >= 11 is 5.85. The summed E-state index contributed by atoms with van der Waals surface area (Å²) in [6.45, 7) is 0. The minimum Gasteiger partial charge on any atom is -0.465 e. The Labute approximate surface area is 142 Å². The van der Waals surface area contributed by atoms with E-state index in [0.717, 1.165) is 5.56 Å². The number of nitrogens with one attached hydrogen (secondary N) is 2. The molecule has 3 rings (SSSR count). The molecule has 1 aromatic carbocycles. The SMILES string of the molecule is O=C(NN=C/C=C/c1ccco1)c1cc(-c2ccc(Cl)cc2)n[nH]1. The quantitative estimate of drug-likeness (QED) is 0.548. The van der Waals surface area contributed by atoms with E-state index < -0.39 is 0 Å². The molecular formula is C17H13ClN4O2. The van der Waals surface area contributed by atoms with Gasteiger partial charge in [-0.25, -0.2) is 5.43 Å². The highest BCUT2D eigenvalue weighted by atomic mass is 35.5. The van der Waals surface area contributed by atoms with Crippen molar-refractivity contribution in [2.24, 2.45) is 5.10 Å². The summed E-state index contributed by atoms with van der Waals surface area (Å²) in [5.41, 5.74) is 4.23. The van der Waals surface area contributed by atoms with Crippen LogP contribution < -0.4 is 5.43 Å². The van der Waals surface area contributed by atoms with Crippen molar-refractivity contribution < 1.29 is 9.21 Å². The molecule has 0 radical (unpaired) electrons. The molecule has 1 amide bonds. The zero-order chi connectivity index (χ0) is 16.8. The van der Waals surface area contributed by atoms with E-state index in [4.69, 9.17) is 16.0 Å². The van der Waals surface area contributed by atoms with Gasteiger partial charge in [0.15, 0.2) is 0 Å². The Morgan fingerprint density at radius 3 is 2.88 bits per heavy atom. The maximum Gasteiger partial charge on any atom is 0.289 e. The number of allylic oxidation sites excluding steroid dienone is 1. The Bertz CT molecular complexity index is 864. The van der Waals surface area contributed by atoms with Crippen molar-refractivity contribution in [2.45, 2.75) is 0 Å². The van der Waals surface area contributed by atoms with E-state index in [2.05, 4.69) is 20.7 Å². The van der Waals surface area contributed by atoms with E-state index in [9.17, 15) is 4.79 Å². The van der Waals surface area contributed by atoms with Gasteiger partial charge in [0.2, 0.25) is 0 Å². The Balaban J connectivity index is 1.58. The van der Waals surface area contributed by atoms with Crippen molar-refractivity contribution in [2.75, 3.05) is 0 Å². The molecule has 120 valence electrons. The maximum atomic E-state index is 12.0. The van der Waals surface area contributed by atoms with Crippen molar-refractivity contribution in [3.05, 3.63) is 71.3 Å². The molecule has 0 aliphatic heterocycles. The number of aromatic nitrogens is 2. The van der Waals surface area contributed by atoms with Gasteiger partial charge in [-0.05, 0) is 42.5 Å². The third kappa shape index (κ3) is 3.99. The zero-order valence-corrected chi connectivity index (χ0v) is 13.2. The number of benzene rings is 1. The van der Waals surface area contributed by atoms with Gasteiger partial charge in [0.1, 0.15) is 11.5 Å². The van der Waals surface area contributed by atoms with Gasteiger partial charge < -0.3 is 4.42 Å². The van der Waals surface area contributed by atoms with E-state index in [-0.39, 0.29) is 5.91 Å². The van der Waals surface area contributed by atoms with Crippen molar-refractivity contribution in [1.82, 2.24) is 15.6 Å². The molecule has 0 unspecified atom stereocenters. The molecule has 0 aliphatic rings. The van der Waals surface area contributed by atoms with Crippen molar-refractivity contribution in [1.29, 1.82) is 0 Å². The van der Waals surface area contributed by atoms with Gasteiger partial charge in [-0.3, -0.25) is 9.89 Å². The molecule has 24 heavy (non-hydrogen) atoms. The lowest BCUT2D eigenvalue weighted by molar-refractivity contribution is 0.0950. The van der Waals surface area contributed by atoms with Crippen LogP contribution in [0.25, 0.3) is 17.3 Å². The van der Waals surface area contributed by atoms with Crippen LogP contribution in [-0.4, -0.2) is 22.3 Å². The molecule has 3 aromatic rings. The van der Waals surface area contributed by atoms with Crippen molar-refractivity contribution in [3.8, 4) is 11.3 Å². The summed E-state index contributed by atoms with van der Waals surface area (Å²) in [7, 11) is 0. The maximum absolute atomic E-state index is 12.0. The van der Waals surface area contributed by atoms with Crippen molar-refractivity contribution >= 4 is 29.8 Å². The van der Waals surface area contributed by atoms with E-state index in [0.29, 0.717) is 22.2 Å². The Hall–Kier alpha value is -3.12. The van der Waals surface area contributed by atoms with Crippen LogP contribution in [0, 0.1) is 0 Å². The Morgan fingerprint density at radius 2 is 2.12 bits per heavy atom. The summed E-state index contributed by atoms with van der Waals surface area (Å²) in [6.07, 6.45) is 6.42. The molecule has 0 spiro atoms. The summed E-state index contributed by atoms with van der Waals surface area (Å²) in [5.74, 6) is 0.319. The molecule has 7 heteroatoms. The second-order valence-corrected chi connectivity index (χ2v) is 5.20. The van der Waals surface area contributed by atoms with Gasteiger partial charge >= 0.3 is 0 Å². The molecule has 0 atom stereocenters. The molecule has 2 N–H and O–H groups in total. The van der Waals surface area contributed by atoms with Gasteiger partial charge in [0.25, 0.3) is 5.91 Å². The molecule has 0 fully saturated rings. The van der Waals surface area contributed by atoms with E-state index in [1.807, 2.05) is 18.2 Å². The van der Waals surface area contributed by atoms with Gasteiger partial charge in [-0.1, -0.05) is 23.7 Å². The predicted octanol–water partition coefficient (Wildman–Crippen LogP) is 3.75. The number of hydrogen-bond donors (Lipinski definition) is 2. The number of nitrogens with zero attached hydrogens (tertiary/aromatic N) is 2. The number of H-pyrrole nitrogens is 1. The third-order valence-electron chi connectivity index (χ3n) is 3.09. The second-order valence-electron chi connectivity index (χ2n) is 4.77. The molecule has 6 nitrogen and oxygen atoms in total. The number of halogens is 1. The number of hydrogen-bond acceptors (Lipinski definition) is 4. The first-order valence-electron chi connectivity index (χ1n) is 7.07. The average molecular weight is 341 g/mol. The molecular weight excluding hydrogens is 328 g/mol. The molecule has 2 heterocycles. The predicted molar refractivity (Wildman–Crippen MR) is 92.7 cm³/mol. The zero-order valence-electron chi connectivity index (χ0n) is 12.4. The molecule has 0 bridgehead atoms. The van der Waals surface area contributed by atoms with Crippen LogP contribution in [0.5, 0.6) is 0 Å². The monoisotopic (exact) mass is 340 g/mol. The fourth-order valence-corrected chi connectivity index (χ4v) is 2.06. The van der Waals surface area contributed by atoms with Crippen LogP contribution in [0.2, 0.25) is 5.02 Å². The number of furan rings is 1. The highest BCUT2D eigenvalue weighted by Crippen LogP contribution is 2.20. The fraction of sp³-hybridized carbons (Fsp3) is 0. The number of carbonyl (C=O) groups is 1. The number of rotatable bonds is 5. The first kappa shape index (κ1) is 15.8. The number of carbonyl (C=O) groups excluding carboxylic acids is 1. The topological polar surface area (TPSA) is 83.3 Å². The van der Waals surface area contributed by atoms with Crippen LogP contribution in [0.4, 0.5) is 0 Å². The minimum atomic E-state index is -0.384. The average Bonchev–Trinajstić information content (AvgIpc) is 3.27. The molecule has 0 aliphatic carbocycles. The number of amides is 1. The minimum absolute atomic E-state index is 0.312. The first-order chi connectivity index (χ1) is 11.7. The lowest BCUT2D eigenvalue weighted by Gasteiger charge is -1.95. The smallest absolute Gasteiger partial charge is 0.289 e. The summed E-state index contributed by atoms with van der Waals surface area (Å²) < 4.78 is 5.13. The van der Waals surface area contributed by atoms with Crippen LogP contribution >= 0.6 is 11.6 Å². The van der Waals surface area contributed by atoms with E-state index in [1.54, 1.807) is 42.7 Å². The first-order valence-corrected chi connectivity index (χ1v) is 7.45. The van der Waals surface area contributed by atoms with Crippen LogP contribution in [0.15, 0.2) is 64.3 Å². The van der Waals surface area contributed by atoms with E-state index >= 15 is 0 Å². The van der Waals surface area contributed by atoms with E-state index in [1.165, 1.54) is 6.21 Å². The lowest BCUT2D eigenvalue weighted by Crippen LogP contribution is -2.17. The summed E-state index contributed by atoms with van der Waals surface area (Å²) in [6, 6.07) is 12.4. The largest absolute Gasteiger partial charge is 0.465 e. The van der Waals surface area contributed by atoms with Gasteiger partial charge in [0, 0.05) is 16.8 Å². The van der Waals surface area contributed by atoms with Crippen LogP contribution in [0.1, 0.15) is 16.2 Å². The lowest BCUT2D eigenvalue weighted by atomic mass is 10.1. The van der Waals surface area contributed by atoms with Crippen molar-refractivity contribution in [3.63, 3.8) is 0 Å². The molecule has 0 saturated heterocycles. The number of aromatic amines is 1. The van der Waals surface area contributed by atoms with Crippen LogP contribution in [-0.2, 0) is 0 Å². The third-order valence-corrected chi connectivity index (χ3v) is 3.34. The Morgan fingerprint density at radius 1 is 1.29 bits per heavy atom. The number of hydrazone groups is 1. The fourth-order valence-electron chi connectivity index (χ4n) is 1.93. The van der Waals surface area contributed by atoms with Gasteiger partial charge in [0.05, 0.1) is 12.0 Å². The highest BCUT2D eigenvalue weighted by Gasteiger charge is 2.10. The normalized spacial score (nSPS) is 11.4. The Kier molecular flexibility index (Phi) is 4.88. The summed E-state index contributed by atoms with van der Waals surface area (Å²) in [5, 5.41) is 11.3. The second kappa shape index (κ2) is 7.43. The highest BCUT2D eigenvalue weighted by molar-refractivity contribution is 6.30. The summed E-state index contributed by atoms with van der Waals surface area (Å²) in [4.78, 5) is 12.0. The molecule has 0 saturated carbocycles. The van der Waals surface area contributed by atoms with Crippen LogP contribution in [0.3, 0.4) is 0 Å².